The SMILES string of the molecule is O=C(O)CCNCc1cccc(NC(=O)C(F)(F)F)c1. The standard InChI is InChI=1S/C12H13F3N2O3/c13-12(14,15)11(20)17-9-3-1-2-8(6-9)7-16-5-4-10(18)19/h1-3,6,16H,4-5,7H2,(H,17,20)(H,18,19). The van der Waals surface area contributed by atoms with E-state index in [2.05, 4.69) is 5.32 Å². The third kappa shape index (κ3) is 5.70. The lowest BCUT2D eigenvalue weighted by Gasteiger charge is -2.09. The van der Waals surface area contributed by atoms with Crippen molar-refractivity contribution < 1.29 is 27.9 Å². The Morgan fingerprint density at radius 1 is 1.25 bits per heavy atom. The molecular formula is C12H13F3N2O3. The zero-order valence-electron chi connectivity index (χ0n) is 10.3. The van der Waals surface area contributed by atoms with Gasteiger partial charge in [-0.05, 0) is 17.7 Å². The molecule has 0 spiro atoms. The van der Waals surface area contributed by atoms with E-state index in [4.69, 9.17) is 5.11 Å². The van der Waals surface area contributed by atoms with Crippen LogP contribution in [0.25, 0.3) is 0 Å². The van der Waals surface area contributed by atoms with Crippen molar-refractivity contribution in [2.75, 3.05) is 11.9 Å². The molecule has 0 aliphatic rings. The van der Waals surface area contributed by atoms with Gasteiger partial charge in [-0.3, -0.25) is 9.59 Å². The fourth-order valence-electron chi connectivity index (χ4n) is 1.39. The zero-order chi connectivity index (χ0) is 15.2. The molecule has 0 fully saturated rings. The molecule has 0 unspecified atom stereocenters. The first-order valence-electron chi connectivity index (χ1n) is 5.68. The van der Waals surface area contributed by atoms with Crippen molar-refractivity contribution in [3.8, 4) is 0 Å². The third-order valence-electron chi connectivity index (χ3n) is 2.29. The van der Waals surface area contributed by atoms with Gasteiger partial charge in [0.2, 0.25) is 0 Å². The lowest BCUT2D eigenvalue weighted by molar-refractivity contribution is -0.167. The molecule has 1 aromatic rings. The van der Waals surface area contributed by atoms with Crippen LogP contribution in [0.15, 0.2) is 24.3 Å². The Morgan fingerprint density at radius 3 is 2.55 bits per heavy atom. The number of alkyl halides is 3. The first kappa shape index (κ1) is 16.0. The molecule has 0 bridgehead atoms. The minimum Gasteiger partial charge on any atom is -0.481 e. The number of hydrogen-bond acceptors (Lipinski definition) is 3. The second-order valence-electron chi connectivity index (χ2n) is 3.97. The van der Waals surface area contributed by atoms with Crippen molar-refractivity contribution >= 4 is 17.6 Å². The highest BCUT2D eigenvalue weighted by molar-refractivity contribution is 5.94. The van der Waals surface area contributed by atoms with Gasteiger partial charge in [-0.15, -0.1) is 0 Å². The van der Waals surface area contributed by atoms with Crippen LogP contribution in [0.3, 0.4) is 0 Å². The van der Waals surface area contributed by atoms with Gasteiger partial charge in [0.25, 0.3) is 0 Å². The molecule has 5 nitrogen and oxygen atoms in total. The molecule has 0 saturated carbocycles. The molecule has 0 radical (unpaired) electrons. The number of halogens is 3. The Kier molecular flexibility index (Phi) is 5.51. The molecule has 0 atom stereocenters. The minimum atomic E-state index is -4.93. The minimum absolute atomic E-state index is 0.0323. The van der Waals surface area contributed by atoms with Crippen LogP contribution < -0.4 is 10.6 Å². The lowest BCUT2D eigenvalue weighted by atomic mass is 10.2. The van der Waals surface area contributed by atoms with E-state index in [1.54, 1.807) is 11.4 Å². The monoisotopic (exact) mass is 290 g/mol. The van der Waals surface area contributed by atoms with Crippen molar-refractivity contribution in [3.05, 3.63) is 29.8 Å². The molecule has 3 N–H and O–H groups in total. The molecule has 20 heavy (non-hydrogen) atoms. The molecule has 0 saturated heterocycles. The van der Waals surface area contributed by atoms with E-state index in [0.29, 0.717) is 12.1 Å². The first-order chi connectivity index (χ1) is 9.29. The summed E-state index contributed by atoms with van der Waals surface area (Å²) in [5.74, 6) is -2.97. The maximum absolute atomic E-state index is 12.1. The number of benzene rings is 1. The highest BCUT2D eigenvalue weighted by Crippen LogP contribution is 2.18. The number of hydrogen-bond donors (Lipinski definition) is 3. The number of amides is 1. The zero-order valence-corrected chi connectivity index (χ0v) is 10.3. The number of carboxylic acid groups (broad SMARTS) is 1. The molecule has 0 heterocycles. The summed E-state index contributed by atoms with van der Waals surface area (Å²) in [6.07, 6.45) is -4.99. The van der Waals surface area contributed by atoms with Crippen LogP contribution in [0.1, 0.15) is 12.0 Å². The quantitative estimate of drug-likeness (QED) is 0.697. The van der Waals surface area contributed by atoms with E-state index in [-0.39, 0.29) is 18.7 Å². The average molecular weight is 290 g/mol. The maximum Gasteiger partial charge on any atom is 0.471 e. The summed E-state index contributed by atoms with van der Waals surface area (Å²) in [6.45, 7) is 0.539. The summed E-state index contributed by atoms with van der Waals surface area (Å²) in [7, 11) is 0. The van der Waals surface area contributed by atoms with Crippen molar-refractivity contribution in [2.24, 2.45) is 0 Å². The topological polar surface area (TPSA) is 78.4 Å². The van der Waals surface area contributed by atoms with Crippen LogP contribution in [0, 0.1) is 0 Å². The largest absolute Gasteiger partial charge is 0.481 e. The Morgan fingerprint density at radius 2 is 1.95 bits per heavy atom. The second-order valence-corrected chi connectivity index (χ2v) is 3.97. The Bertz CT molecular complexity index is 489. The van der Waals surface area contributed by atoms with Crippen molar-refractivity contribution in [1.82, 2.24) is 5.32 Å². The van der Waals surface area contributed by atoms with E-state index >= 15 is 0 Å². The van der Waals surface area contributed by atoms with E-state index in [1.165, 1.54) is 18.2 Å². The van der Waals surface area contributed by atoms with Crippen LogP contribution >= 0.6 is 0 Å². The second kappa shape index (κ2) is 6.90. The molecule has 1 aromatic carbocycles. The predicted octanol–water partition coefficient (Wildman–Crippen LogP) is 1.75. The van der Waals surface area contributed by atoms with Gasteiger partial charge in [-0.1, -0.05) is 12.1 Å². The van der Waals surface area contributed by atoms with Gasteiger partial charge < -0.3 is 15.7 Å². The first-order valence-corrected chi connectivity index (χ1v) is 5.68. The van der Waals surface area contributed by atoms with Crippen LogP contribution in [0.4, 0.5) is 18.9 Å². The number of anilines is 1. The third-order valence-corrected chi connectivity index (χ3v) is 2.29. The van der Waals surface area contributed by atoms with Gasteiger partial charge in [0, 0.05) is 18.8 Å². The summed E-state index contributed by atoms with van der Waals surface area (Å²) in [6, 6.07) is 5.87. The number of carboxylic acids is 1. The summed E-state index contributed by atoms with van der Waals surface area (Å²) in [4.78, 5) is 21.0. The summed E-state index contributed by atoms with van der Waals surface area (Å²) in [5.41, 5.74) is 0.667. The van der Waals surface area contributed by atoms with Crippen LogP contribution in [-0.2, 0) is 16.1 Å². The van der Waals surface area contributed by atoms with Crippen LogP contribution in [0.2, 0.25) is 0 Å². The van der Waals surface area contributed by atoms with Gasteiger partial charge in [0.1, 0.15) is 0 Å². The Hall–Kier alpha value is -2.09. The van der Waals surface area contributed by atoms with Crippen molar-refractivity contribution in [3.63, 3.8) is 0 Å². The van der Waals surface area contributed by atoms with Crippen LogP contribution in [0.5, 0.6) is 0 Å². The molecule has 1 amide bonds. The molecule has 0 aliphatic carbocycles. The molecule has 8 heteroatoms. The molecule has 0 aliphatic heterocycles. The number of carbonyl (C=O) groups is 2. The summed E-state index contributed by atoms with van der Waals surface area (Å²) < 4.78 is 36.2. The lowest BCUT2D eigenvalue weighted by Crippen LogP contribution is -2.30. The van der Waals surface area contributed by atoms with Crippen molar-refractivity contribution in [2.45, 2.75) is 19.1 Å². The van der Waals surface area contributed by atoms with Crippen LogP contribution in [-0.4, -0.2) is 29.7 Å². The number of rotatable bonds is 6. The number of nitrogens with one attached hydrogen (secondary N) is 2. The van der Waals surface area contributed by atoms with E-state index < -0.39 is 18.1 Å². The maximum atomic E-state index is 12.1. The average Bonchev–Trinajstić information content (AvgIpc) is 2.34. The molecule has 1 rings (SSSR count). The van der Waals surface area contributed by atoms with E-state index in [0.717, 1.165) is 0 Å². The smallest absolute Gasteiger partial charge is 0.471 e. The Balaban J connectivity index is 2.53. The van der Waals surface area contributed by atoms with Gasteiger partial charge >= 0.3 is 18.1 Å². The normalized spacial score (nSPS) is 11.2. The Labute approximate surface area is 112 Å². The van der Waals surface area contributed by atoms with Gasteiger partial charge in [-0.2, -0.15) is 13.2 Å². The number of aliphatic carboxylic acids is 1. The van der Waals surface area contributed by atoms with E-state index in [9.17, 15) is 22.8 Å². The highest BCUT2D eigenvalue weighted by atomic mass is 19.4. The molecule has 110 valence electrons. The fourth-order valence-corrected chi connectivity index (χ4v) is 1.39. The van der Waals surface area contributed by atoms with Gasteiger partial charge in [0.05, 0.1) is 6.42 Å². The summed E-state index contributed by atoms with van der Waals surface area (Å²) >= 11 is 0. The van der Waals surface area contributed by atoms with Crippen molar-refractivity contribution in [1.29, 1.82) is 0 Å². The predicted molar refractivity (Wildman–Crippen MR) is 65.1 cm³/mol. The molecular weight excluding hydrogens is 277 g/mol. The highest BCUT2D eigenvalue weighted by Gasteiger charge is 2.38. The fraction of sp³-hybridized carbons (Fsp3) is 0.333. The summed E-state index contributed by atoms with van der Waals surface area (Å²) in [5, 5.41) is 13.0. The van der Waals surface area contributed by atoms with E-state index in [1.807, 2.05) is 0 Å². The number of carbonyl (C=O) groups excluding carboxylic acids is 1. The molecule has 0 aromatic heterocycles. The van der Waals surface area contributed by atoms with Gasteiger partial charge in [0.15, 0.2) is 0 Å². The van der Waals surface area contributed by atoms with Gasteiger partial charge in [-0.25, -0.2) is 0 Å².